The monoisotopic (exact) mass is 360 g/mol. The second kappa shape index (κ2) is 6.80. The van der Waals surface area contributed by atoms with Gasteiger partial charge in [-0.1, -0.05) is 12.1 Å². The third-order valence-electron chi connectivity index (χ3n) is 5.42. The van der Waals surface area contributed by atoms with E-state index < -0.39 is 18.3 Å². The van der Waals surface area contributed by atoms with E-state index in [0.29, 0.717) is 24.2 Å². The summed E-state index contributed by atoms with van der Waals surface area (Å²) in [6.45, 7) is 11.1. The quantitative estimate of drug-likeness (QED) is 0.770. The van der Waals surface area contributed by atoms with Gasteiger partial charge in [0.15, 0.2) is 0 Å². The lowest BCUT2D eigenvalue weighted by molar-refractivity contribution is 0.00578. The van der Waals surface area contributed by atoms with Crippen LogP contribution in [0.5, 0.6) is 0 Å². The van der Waals surface area contributed by atoms with E-state index in [4.69, 9.17) is 14.0 Å². The molecule has 0 atom stereocenters. The number of nitrogens with zero attached hydrogens (tertiary/aromatic N) is 2. The zero-order chi connectivity index (χ0) is 19.1. The highest BCUT2D eigenvalue weighted by Gasteiger charge is 2.51. The fourth-order valence-electron chi connectivity index (χ4n) is 2.99. The molecule has 1 aliphatic heterocycles. The van der Waals surface area contributed by atoms with Crippen molar-refractivity contribution in [3.8, 4) is 11.1 Å². The van der Waals surface area contributed by atoms with Gasteiger partial charge in [0.2, 0.25) is 0 Å². The highest BCUT2D eigenvalue weighted by atomic mass is 19.1. The van der Waals surface area contributed by atoms with Crippen molar-refractivity contribution in [3.05, 3.63) is 35.9 Å². The minimum Gasteiger partial charge on any atom is -0.399 e. The van der Waals surface area contributed by atoms with Gasteiger partial charge in [-0.2, -0.15) is 5.10 Å². The van der Waals surface area contributed by atoms with Gasteiger partial charge in [-0.05, 0) is 46.1 Å². The minimum atomic E-state index is -0.575. The molecule has 5 nitrogen and oxygen atoms in total. The third-order valence-corrected chi connectivity index (χ3v) is 5.42. The molecule has 1 aromatic heterocycles. The summed E-state index contributed by atoms with van der Waals surface area (Å²) in [6, 6.07) is 5.11. The number of benzene rings is 1. The molecule has 0 bridgehead atoms. The highest BCUT2D eigenvalue weighted by Crippen LogP contribution is 2.36. The Morgan fingerprint density at radius 2 is 1.81 bits per heavy atom. The molecule has 26 heavy (non-hydrogen) atoms. The molecule has 1 aromatic carbocycles. The number of ether oxygens (including phenoxy) is 1. The average molecular weight is 360 g/mol. The summed E-state index contributed by atoms with van der Waals surface area (Å²) >= 11 is 0. The maximum absolute atomic E-state index is 14.8. The van der Waals surface area contributed by atoms with Crippen molar-refractivity contribution >= 4 is 12.6 Å². The first-order valence-corrected chi connectivity index (χ1v) is 8.83. The molecule has 0 amide bonds. The lowest BCUT2D eigenvalue weighted by atomic mass is 9.78. The maximum Gasteiger partial charge on any atom is 0.494 e. The Kier molecular flexibility index (Phi) is 4.99. The summed E-state index contributed by atoms with van der Waals surface area (Å²) in [6.07, 6.45) is 1.69. The van der Waals surface area contributed by atoms with Crippen LogP contribution in [0.25, 0.3) is 11.1 Å². The van der Waals surface area contributed by atoms with Crippen molar-refractivity contribution in [2.75, 3.05) is 13.7 Å². The second-order valence-corrected chi connectivity index (χ2v) is 7.69. The minimum absolute atomic E-state index is 0.313. The Hall–Kier alpha value is -1.70. The first-order valence-electron chi connectivity index (χ1n) is 8.83. The summed E-state index contributed by atoms with van der Waals surface area (Å²) in [4.78, 5) is 0. The van der Waals surface area contributed by atoms with E-state index in [0.717, 1.165) is 11.3 Å². The number of hydrogen-bond donors (Lipinski definition) is 0. The van der Waals surface area contributed by atoms with Crippen LogP contribution in [0.15, 0.2) is 24.4 Å². The predicted octanol–water partition coefficient (Wildman–Crippen LogP) is 2.94. The van der Waals surface area contributed by atoms with Gasteiger partial charge >= 0.3 is 7.12 Å². The molecule has 0 N–H and O–H groups in total. The molecule has 2 heterocycles. The first-order chi connectivity index (χ1) is 12.2. The summed E-state index contributed by atoms with van der Waals surface area (Å²) in [5.41, 5.74) is 1.97. The van der Waals surface area contributed by atoms with Gasteiger partial charge in [-0.15, -0.1) is 0 Å². The lowest BCUT2D eigenvalue weighted by Gasteiger charge is -2.32. The van der Waals surface area contributed by atoms with E-state index in [2.05, 4.69) is 5.10 Å². The van der Waals surface area contributed by atoms with Crippen LogP contribution in [0, 0.1) is 12.7 Å². The normalized spacial score (nSPS) is 18.5. The fourth-order valence-corrected chi connectivity index (χ4v) is 2.99. The van der Waals surface area contributed by atoms with E-state index in [9.17, 15) is 4.39 Å². The van der Waals surface area contributed by atoms with Crippen molar-refractivity contribution in [2.45, 2.75) is 52.4 Å². The van der Waals surface area contributed by atoms with E-state index in [-0.39, 0.29) is 5.82 Å². The van der Waals surface area contributed by atoms with Gasteiger partial charge < -0.3 is 14.0 Å². The Labute approximate surface area is 154 Å². The third kappa shape index (κ3) is 3.31. The summed E-state index contributed by atoms with van der Waals surface area (Å²) in [7, 11) is 1.07. The average Bonchev–Trinajstić information content (AvgIpc) is 3.02. The van der Waals surface area contributed by atoms with Crippen molar-refractivity contribution in [3.63, 3.8) is 0 Å². The molecular formula is C19H26BFN2O3. The Morgan fingerprint density at radius 3 is 2.38 bits per heavy atom. The van der Waals surface area contributed by atoms with Gasteiger partial charge in [-0.25, -0.2) is 4.39 Å². The first kappa shape index (κ1) is 19.1. The summed E-state index contributed by atoms with van der Waals surface area (Å²) in [5, 5.41) is 4.33. The SMILES string of the molecule is COCCn1ncc(-c2ccc(B3OC(C)(C)C(C)(C)O3)cc2F)c1C. The van der Waals surface area contributed by atoms with E-state index in [1.54, 1.807) is 19.4 Å². The number of aromatic nitrogens is 2. The molecule has 0 saturated carbocycles. The maximum atomic E-state index is 14.8. The van der Waals surface area contributed by atoms with Crippen LogP contribution in [0.1, 0.15) is 33.4 Å². The topological polar surface area (TPSA) is 45.5 Å². The van der Waals surface area contributed by atoms with E-state index in [1.807, 2.05) is 45.4 Å². The molecule has 1 saturated heterocycles. The zero-order valence-electron chi connectivity index (χ0n) is 16.3. The molecular weight excluding hydrogens is 334 g/mol. The Balaban J connectivity index is 1.86. The highest BCUT2D eigenvalue weighted by molar-refractivity contribution is 6.62. The van der Waals surface area contributed by atoms with E-state index in [1.165, 1.54) is 6.07 Å². The van der Waals surface area contributed by atoms with Crippen molar-refractivity contribution in [1.82, 2.24) is 9.78 Å². The van der Waals surface area contributed by atoms with Crippen LogP contribution in [0.3, 0.4) is 0 Å². The molecule has 1 fully saturated rings. The van der Waals surface area contributed by atoms with Crippen LogP contribution in [0.4, 0.5) is 4.39 Å². The molecule has 0 unspecified atom stereocenters. The van der Waals surface area contributed by atoms with Gasteiger partial charge in [0.1, 0.15) is 5.82 Å². The van der Waals surface area contributed by atoms with Gasteiger partial charge in [0.25, 0.3) is 0 Å². The van der Waals surface area contributed by atoms with Gasteiger partial charge in [0.05, 0.1) is 30.6 Å². The Morgan fingerprint density at radius 1 is 1.15 bits per heavy atom. The van der Waals surface area contributed by atoms with Crippen LogP contribution in [-0.2, 0) is 20.6 Å². The lowest BCUT2D eigenvalue weighted by Crippen LogP contribution is -2.41. The van der Waals surface area contributed by atoms with Crippen LogP contribution >= 0.6 is 0 Å². The molecule has 7 heteroatoms. The van der Waals surface area contributed by atoms with Crippen LogP contribution in [0.2, 0.25) is 0 Å². The van der Waals surface area contributed by atoms with Crippen LogP contribution < -0.4 is 5.46 Å². The molecule has 0 aliphatic carbocycles. The van der Waals surface area contributed by atoms with Crippen molar-refractivity contribution in [1.29, 1.82) is 0 Å². The van der Waals surface area contributed by atoms with Crippen molar-refractivity contribution < 1.29 is 18.4 Å². The summed E-state index contributed by atoms with van der Waals surface area (Å²) < 4.78 is 33.8. The van der Waals surface area contributed by atoms with Gasteiger partial charge in [-0.3, -0.25) is 4.68 Å². The number of methoxy groups -OCH3 is 1. The number of halogens is 1. The standard InChI is InChI=1S/C19H26BFN2O3/c1-13-16(12-22-23(13)9-10-24-6)15-8-7-14(11-17(15)21)20-25-18(2,3)19(4,5)26-20/h7-8,11-12H,9-10H2,1-6H3. The fraction of sp³-hybridized carbons (Fsp3) is 0.526. The molecule has 2 aromatic rings. The van der Waals surface area contributed by atoms with E-state index >= 15 is 0 Å². The largest absolute Gasteiger partial charge is 0.494 e. The second-order valence-electron chi connectivity index (χ2n) is 7.69. The summed E-state index contributed by atoms with van der Waals surface area (Å²) in [5.74, 6) is -0.313. The molecule has 0 radical (unpaired) electrons. The molecule has 0 spiro atoms. The Bertz CT molecular complexity index is 788. The molecule has 1 aliphatic rings. The number of hydrogen-bond acceptors (Lipinski definition) is 4. The zero-order valence-corrected chi connectivity index (χ0v) is 16.3. The predicted molar refractivity (Wildman–Crippen MR) is 100.0 cm³/mol. The molecule has 3 rings (SSSR count). The molecule has 140 valence electrons. The van der Waals surface area contributed by atoms with Crippen LogP contribution in [-0.4, -0.2) is 41.8 Å². The van der Waals surface area contributed by atoms with Gasteiger partial charge in [0, 0.05) is 23.9 Å². The van der Waals surface area contributed by atoms with Crippen molar-refractivity contribution in [2.24, 2.45) is 0 Å². The smallest absolute Gasteiger partial charge is 0.399 e. The number of rotatable bonds is 5.